The van der Waals surface area contributed by atoms with E-state index in [0.717, 1.165) is 6.42 Å². The van der Waals surface area contributed by atoms with Gasteiger partial charge in [-0.1, -0.05) is 45.4 Å². The monoisotopic (exact) mass is 306 g/mol. The van der Waals surface area contributed by atoms with Gasteiger partial charge in [0.25, 0.3) is 0 Å². The molecule has 2 unspecified atom stereocenters. The Labute approximate surface area is 132 Å². The first-order valence-electron chi connectivity index (χ1n) is 7.93. The summed E-state index contributed by atoms with van der Waals surface area (Å²) in [6.07, 6.45) is 1.01. The van der Waals surface area contributed by atoms with Gasteiger partial charge in [0.1, 0.15) is 6.10 Å². The maximum atomic E-state index is 12.3. The van der Waals surface area contributed by atoms with Crippen LogP contribution in [0.5, 0.6) is 0 Å². The van der Waals surface area contributed by atoms with Gasteiger partial charge in [0.05, 0.1) is 18.1 Å². The molecule has 0 spiro atoms. The molecule has 122 valence electrons. The van der Waals surface area contributed by atoms with Gasteiger partial charge in [-0.3, -0.25) is 4.79 Å². The third-order valence-electron chi connectivity index (χ3n) is 3.52. The zero-order valence-corrected chi connectivity index (χ0v) is 13.9. The van der Waals surface area contributed by atoms with Crippen molar-refractivity contribution in [2.75, 3.05) is 6.61 Å². The van der Waals surface area contributed by atoms with Crippen LogP contribution in [0.2, 0.25) is 0 Å². The van der Waals surface area contributed by atoms with E-state index in [1.807, 2.05) is 26.8 Å². The van der Waals surface area contributed by atoms with Crippen LogP contribution in [0.4, 0.5) is 0 Å². The predicted octanol–water partition coefficient (Wildman–Crippen LogP) is 3.85. The first kappa shape index (κ1) is 18.2. The third kappa shape index (κ3) is 5.17. The van der Waals surface area contributed by atoms with Crippen LogP contribution in [0.25, 0.3) is 0 Å². The van der Waals surface area contributed by atoms with E-state index in [9.17, 15) is 9.59 Å². The highest BCUT2D eigenvalue weighted by Crippen LogP contribution is 2.24. The van der Waals surface area contributed by atoms with Gasteiger partial charge in [0.2, 0.25) is 0 Å². The van der Waals surface area contributed by atoms with Crippen molar-refractivity contribution in [1.29, 1.82) is 0 Å². The van der Waals surface area contributed by atoms with E-state index >= 15 is 0 Å². The molecule has 1 aromatic rings. The van der Waals surface area contributed by atoms with Crippen LogP contribution < -0.4 is 0 Å². The van der Waals surface area contributed by atoms with Crippen molar-refractivity contribution in [3.63, 3.8) is 0 Å². The molecule has 0 amide bonds. The Balaban J connectivity index is 2.90. The zero-order chi connectivity index (χ0) is 16.5. The average molecular weight is 306 g/mol. The molecule has 0 saturated carbocycles. The molecule has 0 heterocycles. The molecule has 0 bridgehead atoms. The van der Waals surface area contributed by atoms with E-state index < -0.39 is 18.0 Å². The lowest BCUT2D eigenvalue weighted by molar-refractivity contribution is -0.154. The number of carbonyl (C=O) groups excluding carboxylic acids is 2. The molecule has 0 aliphatic carbocycles. The smallest absolute Gasteiger partial charge is 0.338 e. The van der Waals surface area contributed by atoms with Gasteiger partial charge in [-0.05, 0) is 31.4 Å². The summed E-state index contributed by atoms with van der Waals surface area (Å²) in [4.78, 5) is 24.5. The van der Waals surface area contributed by atoms with E-state index in [4.69, 9.17) is 9.47 Å². The largest absolute Gasteiger partial charge is 0.466 e. The summed E-state index contributed by atoms with van der Waals surface area (Å²) < 4.78 is 10.8. The van der Waals surface area contributed by atoms with Crippen LogP contribution in [0.3, 0.4) is 0 Å². The second kappa shape index (κ2) is 9.23. The Morgan fingerprint density at radius 3 is 2.23 bits per heavy atom. The van der Waals surface area contributed by atoms with Crippen molar-refractivity contribution in [3.05, 3.63) is 35.9 Å². The highest BCUT2D eigenvalue weighted by atomic mass is 16.6. The number of benzene rings is 1. The van der Waals surface area contributed by atoms with Crippen molar-refractivity contribution in [2.45, 2.75) is 46.6 Å². The normalized spacial score (nSPS) is 13.5. The first-order valence-corrected chi connectivity index (χ1v) is 7.93. The van der Waals surface area contributed by atoms with Gasteiger partial charge < -0.3 is 9.47 Å². The molecule has 4 heteroatoms. The lowest BCUT2D eigenvalue weighted by Gasteiger charge is -2.28. The highest BCUT2D eigenvalue weighted by Gasteiger charge is 2.34. The summed E-state index contributed by atoms with van der Waals surface area (Å²) in [5, 5.41) is 0. The second-order valence-electron chi connectivity index (χ2n) is 5.62. The molecule has 0 aromatic heterocycles. The molecule has 2 atom stereocenters. The Kier molecular flexibility index (Phi) is 7.64. The fourth-order valence-corrected chi connectivity index (χ4v) is 2.47. The molecule has 4 nitrogen and oxygen atoms in total. The Hall–Kier alpha value is -1.84. The van der Waals surface area contributed by atoms with Gasteiger partial charge in [-0.25, -0.2) is 4.79 Å². The van der Waals surface area contributed by atoms with Crippen molar-refractivity contribution in [2.24, 2.45) is 11.8 Å². The van der Waals surface area contributed by atoms with E-state index in [2.05, 4.69) is 0 Å². The van der Waals surface area contributed by atoms with E-state index in [-0.39, 0.29) is 11.9 Å². The maximum Gasteiger partial charge on any atom is 0.338 e. The zero-order valence-electron chi connectivity index (χ0n) is 13.9. The summed E-state index contributed by atoms with van der Waals surface area (Å²) in [7, 11) is 0. The SMILES string of the molecule is CCCC(OC(=O)c1ccccc1)C(C(=O)OCC)C(C)C. The van der Waals surface area contributed by atoms with Gasteiger partial charge in [-0.15, -0.1) is 0 Å². The van der Waals surface area contributed by atoms with E-state index in [0.29, 0.717) is 18.6 Å². The lowest BCUT2D eigenvalue weighted by Crippen LogP contribution is -2.37. The average Bonchev–Trinajstić information content (AvgIpc) is 2.48. The molecule has 0 saturated heterocycles. The number of esters is 2. The van der Waals surface area contributed by atoms with E-state index in [1.165, 1.54) is 0 Å². The summed E-state index contributed by atoms with van der Waals surface area (Å²) >= 11 is 0. The fraction of sp³-hybridized carbons (Fsp3) is 0.556. The van der Waals surface area contributed by atoms with Crippen molar-refractivity contribution in [3.8, 4) is 0 Å². The summed E-state index contributed by atoms with van der Waals surface area (Å²) in [5.74, 6) is -1.09. The predicted molar refractivity (Wildman–Crippen MR) is 85.5 cm³/mol. The molecular weight excluding hydrogens is 280 g/mol. The summed E-state index contributed by atoms with van der Waals surface area (Å²) in [6.45, 7) is 8.00. The van der Waals surface area contributed by atoms with Crippen LogP contribution in [0, 0.1) is 11.8 Å². The maximum absolute atomic E-state index is 12.3. The van der Waals surface area contributed by atoms with Crippen molar-refractivity contribution < 1.29 is 19.1 Å². The lowest BCUT2D eigenvalue weighted by atomic mass is 9.88. The molecule has 22 heavy (non-hydrogen) atoms. The van der Waals surface area contributed by atoms with Crippen molar-refractivity contribution in [1.82, 2.24) is 0 Å². The topological polar surface area (TPSA) is 52.6 Å². The van der Waals surface area contributed by atoms with Gasteiger partial charge in [0, 0.05) is 0 Å². The minimum atomic E-state index is -0.461. The van der Waals surface area contributed by atoms with Gasteiger partial charge in [-0.2, -0.15) is 0 Å². The number of hydrogen-bond donors (Lipinski definition) is 0. The summed E-state index contributed by atoms with van der Waals surface area (Å²) in [6, 6.07) is 8.84. The number of hydrogen-bond acceptors (Lipinski definition) is 4. The number of ether oxygens (including phenoxy) is 2. The van der Waals surface area contributed by atoms with Gasteiger partial charge in [0.15, 0.2) is 0 Å². The summed E-state index contributed by atoms with van der Waals surface area (Å²) in [5.41, 5.74) is 0.495. The van der Waals surface area contributed by atoms with Crippen LogP contribution in [-0.4, -0.2) is 24.6 Å². The second-order valence-corrected chi connectivity index (χ2v) is 5.62. The van der Waals surface area contributed by atoms with Crippen LogP contribution in [-0.2, 0) is 14.3 Å². The van der Waals surface area contributed by atoms with Crippen molar-refractivity contribution >= 4 is 11.9 Å². The number of rotatable bonds is 8. The Morgan fingerprint density at radius 1 is 1.09 bits per heavy atom. The standard InChI is InChI=1S/C18H26O4/c1-5-10-15(16(13(3)4)18(20)21-6-2)22-17(19)14-11-8-7-9-12-14/h7-9,11-13,15-16H,5-6,10H2,1-4H3. The molecule has 0 N–H and O–H groups in total. The highest BCUT2D eigenvalue weighted by molar-refractivity contribution is 5.89. The molecule has 0 radical (unpaired) electrons. The Morgan fingerprint density at radius 2 is 1.73 bits per heavy atom. The molecular formula is C18H26O4. The van der Waals surface area contributed by atoms with Crippen LogP contribution >= 0.6 is 0 Å². The quantitative estimate of drug-likeness (QED) is 0.685. The molecule has 1 aromatic carbocycles. The van der Waals surface area contributed by atoms with E-state index in [1.54, 1.807) is 31.2 Å². The number of carbonyl (C=O) groups is 2. The molecule has 1 rings (SSSR count). The first-order chi connectivity index (χ1) is 10.5. The molecule has 0 aliphatic heterocycles. The third-order valence-corrected chi connectivity index (χ3v) is 3.52. The molecule has 0 fully saturated rings. The van der Waals surface area contributed by atoms with Crippen LogP contribution in [0.15, 0.2) is 30.3 Å². The van der Waals surface area contributed by atoms with Crippen LogP contribution in [0.1, 0.15) is 50.9 Å². The van der Waals surface area contributed by atoms with Gasteiger partial charge >= 0.3 is 11.9 Å². The Bertz CT molecular complexity index is 467. The minimum absolute atomic E-state index is 0.0409. The minimum Gasteiger partial charge on any atom is -0.466 e. The molecule has 0 aliphatic rings. The fourth-order valence-electron chi connectivity index (χ4n) is 2.47.